The van der Waals surface area contributed by atoms with E-state index in [2.05, 4.69) is 15.6 Å². The van der Waals surface area contributed by atoms with E-state index in [1.807, 2.05) is 48.2 Å². The standard InChI is InChI=1S/C21H22FN5O/c1-15-19(24-25-27(15)18-8-3-2-4-9-18)13-21(28)26-11-10-23-14-20(26)16-6-5-7-17(22)12-16/h2-9,12,20,23H,10-11,13-14H2,1H3. The minimum absolute atomic E-state index is 0.0287. The molecule has 1 fully saturated rings. The number of hydrogen-bond acceptors (Lipinski definition) is 4. The van der Waals surface area contributed by atoms with E-state index in [1.54, 1.807) is 10.7 Å². The summed E-state index contributed by atoms with van der Waals surface area (Å²) in [5, 5.41) is 11.7. The van der Waals surface area contributed by atoms with Gasteiger partial charge in [0.25, 0.3) is 0 Å². The van der Waals surface area contributed by atoms with Gasteiger partial charge in [-0.3, -0.25) is 4.79 Å². The van der Waals surface area contributed by atoms with E-state index in [0.29, 0.717) is 25.3 Å². The highest BCUT2D eigenvalue weighted by Gasteiger charge is 2.29. The molecule has 1 saturated heterocycles. The van der Waals surface area contributed by atoms with Crippen LogP contribution in [0.3, 0.4) is 0 Å². The first-order valence-electron chi connectivity index (χ1n) is 9.36. The summed E-state index contributed by atoms with van der Waals surface area (Å²) >= 11 is 0. The molecule has 1 aliphatic heterocycles. The highest BCUT2D eigenvalue weighted by atomic mass is 19.1. The van der Waals surface area contributed by atoms with Crippen molar-refractivity contribution in [2.45, 2.75) is 19.4 Å². The first-order chi connectivity index (χ1) is 13.6. The normalized spacial score (nSPS) is 16.9. The van der Waals surface area contributed by atoms with Crippen molar-refractivity contribution < 1.29 is 9.18 Å². The number of halogens is 1. The summed E-state index contributed by atoms with van der Waals surface area (Å²) in [4.78, 5) is 14.9. The van der Waals surface area contributed by atoms with E-state index >= 15 is 0 Å². The van der Waals surface area contributed by atoms with Gasteiger partial charge in [-0.25, -0.2) is 9.07 Å². The monoisotopic (exact) mass is 379 g/mol. The van der Waals surface area contributed by atoms with Crippen LogP contribution >= 0.6 is 0 Å². The van der Waals surface area contributed by atoms with E-state index in [9.17, 15) is 9.18 Å². The Balaban J connectivity index is 1.55. The third-order valence-corrected chi connectivity index (χ3v) is 5.11. The number of nitrogens with zero attached hydrogens (tertiary/aromatic N) is 4. The van der Waals surface area contributed by atoms with Gasteiger partial charge in [-0.15, -0.1) is 5.10 Å². The van der Waals surface area contributed by atoms with Crippen LogP contribution in [-0.2, 0) is 11.2 Å². The molecule has 1 atom stereocenters. The van der Waals surface area contributed by atoms with Crippen LogP contribution in [0, 0.1) is 12.7 Å². The molecule has 144 valence electrons. The Morgan fingerprint density at radius 1 is 1.21 bits per heavy atom. The van der Waals surface area contributed by atoms with Crippen molar-refractivity contribution >= 4 is 5.91 Å². The Hall–Kier alpha value is -3.06. The number of hydrogen-bond donors (Lipinski definition) is 1. The lowest BCUT2D eigenvalue weighted by Crippen LogP contribution is -2.49. The summed E-state index contributed by atoms with van der Waals surface area (Å²) in [7, 11) is 0. The molecule has 1 amide bonds. The van der Waals surface area contributed by atoms with E-state index in [0.717, 1.165) is 16.9 Å². The SMILES string of the molecule is Cc1c(CC(=O)N2CCNCC2c2cccc(F)c2)nnn1-c1ccccc1. The lowest BCUT2D eigenvalue weighted by molar-refractivity contribution is -0.133. The van der Waals surface area contributed by atoms with Gasteiger partial charge < -0.3 is 10.2 Å². The lowest BCUT2D eigenvalue weighted by atomic mass is 10.0. The van der Waals surface area contributed by atoms with Crippen LogP contribution in [0.1, 0.15) is 23.0 Å². The smallest absolute Gasteiger partial charge is 0.229 e. The summed E-state index contributed by atoms with van der Waals surface area (Å²) in [6, 6.07) is 16.0. The van der Waals surface area contributed by atoms with Crippen LogP contribution in [0.5, 0.6) is 0 Å². The molecule has 0 radical (unpaired) electrons. The molecule has 28 heavy (non-hydrogen) atoms. The topological polar surface area (TPSA) is 63.1 Å². The third-order valence-electron chi connectivity index (χ3n) is 5.11. The average molecular weight is 379 g/mol. The number of amides is 1. The van der Waals surface area contributed by atoms with Crippen molar-refractivity contribution in [2.75, 3.05) is 19.6 Å². The van der Waals surface area contributed by atoms with Gasteiger partial charge in [-0.05, 0) is 36.8 Å². The largest absolute Gasteiger partial charge is 0.333 e. The fourth-order valence-electron chi connectivity index (χ4n) is 3.60. The number of carbonyl (C=O) groups is 1. The van der Waals surface area contributed by atoms with Crippen molar-refractivity contribution in [3.8, 4) is 5.69 Å². The zero-order valence-electron chi connectivity index (χ0n) is 15.7. The van der Waals surface area contributed by atoms with Crippen molar-refractivity contribution in [2.24, 2.45) is 0 Å². The molecule has 3 aromatic rings. The predicted octanol–water partition coefficient (Wildman–Crippen LogP) is 2.43. The summed E-state index contributed by atoms with van der Waals surface area (Å²) in [5.41, 5.74) is 3.21. The Morgan fingerprint density at radius 3 is 2.82 bits per heavy atom. The van der Waals surface area contributed by atoms with E-state index in [1.165, 1.54) is 12.1 Å². The number of nitrogens with one attached hydrogen (secondary N) is 1. The fourth-order valence-corrected chi connectivity index (χ4v) is 3.60. The first-order valence-corrected chi connectivity index (χ1v) is 9.36. The van der Waals surface area contributed by atoms with Gasteiger partial charge in [0.05, 0.1) is 29.5 Å². The van der Waals surface area contributed by atoms with Crippen LogP contribution in [-0.4, -0.2) is 45.4 Å². The van der Waals surface area contributed by atoms with Gasteiger partial charge in [-0.1, -0.05) is 35.5 Å². The zero-order chi connectivity index (χ0) is 19.5. The zero-order valence-corrected chi connectivity index (χ0v) is 15.7. The number of para-hydroxylation sites is 1. The summed E-state index contributed by atoms with van der Waals surface area (Å²) in [6.45, 7) is 3.81. The molecule has 0 spiro atoms. The molecule has 6 nitrogen and oxygen atoms in total. The predicted molar refractivity (Wildman–Crippen MR) is 104 cm³/mol. The molecule has 2 aromatic carbocycles. The Morgan fingerprint density at radius 2 is 2.04 bits per heavy atom. The second-order valence-corrected chi connectivity index (χ2v) is 6.91. The van der Waals surface area contributed by atoms with Crippen LogP contribution in [0.2, 0.25) is 0 Å². The Labute approximate surface area is 163 Å². The van der Waals surface area contributed by atoms with Crippen molar-refractivity contribution in [1.82, 2.24) is 25.2 Å². The Bertz CT molecular complexity index is 972. The van der Waals surface area contributed by atoms with Gasteiger partial charge in [-0.2, -0.15) is 0 Å². The second-order valence-electron chi connectivity index (χ2n) is 6.91. The molecule has 7 heteroatoms. The minimum Gasteiger partial charge on any atom is -0.333 e. The summed E-state index contributed by atoms with van der Waals surface area (Å²) in [6.07, 6.45) is 0.171. The first kappa shape index (κ1) is 18.3. The molecule has 1 unspecified atom stereocenters. The van der Waals surface area contributed by atoms with Gasteiger partial charge in [0, 0.05) is 19.6 Å². The van der Waals surface area contributed by atoms with Crippen LogP contribution < -0.4 is 5.32 Å². The average Bonchev–Trinajstić information content (AvgIpc) is 3.09. The van der Waals surface area contributed by atoms with Crippen molar-refractivity contribution in [3.05, 3.63) is 77.4 Å². The number of carbonyl (C=O) groups excluding carboxylic acids is 1. The molecule has 1 aliphatic rings. The molecule has 4 rings (SSSR count). The molecule has 1 N–H and O–H groups in total. The third kappa shape index (κ3) is 3.66. The highest BCUT2D eigenvalue weighted by Crippen LogP contribution is 2.24. The Kier molecular flexibility index (Phi) is 5.16. The molecule has 1 aromatic heterocycles. The maximum absolute atomic E-state index is 13.7. The van der Waals surface area contributed by atoms with E-state index < -0.39 is 0 Å². The van der Waals surface area contributed by atoms with Crippen molar-refractivity contribution in [1.29, 1.82) is 0 Å². The highest BCUT2D eigenvalue weighted by molar-refractivity contribution is 5.79. The van der Waals surface area contributed by atoms with Gasteiger partial charge in [0.1, 0.15) is 5.82 Å². The van der Waals surface area contributed by atoms with Crippen LogP contribution in [0.15, 0.2) is 54.6 Å². The number of benzene rings is 2. The fraction of sp³-hybridized carbons (Fsp3) is 0.286. The van der Waals surface area contributed by atoms with Gasteiger partial charge in [0.2, 0.25) is 5.91 Å². The molecular weight excluding hydrogens is 357 g/mol. The van der Waals surface area contributed by atoms with Gasteiger partial charge in [0.15, 0.2) is 0 Å². The van der Waals surface area contributed by atoms with Crippen molar-refractivity contribution in [3.63, 3.8) is 0 Å². The molecule has 0 aliphatic carbocycles. The number of rotatable bonds is 4. The molecule has 2 heterocycles. The van der Waals surface area contributed by atoms with Gasteiger partial charge >= 0.3 is 0 Å². The second kappa shape index (κ2) is 7.90. The minimum atomic E-state index is -0.294. The number of aromatic nitrogens is 3. The quantitative estimate of drug-likeness (QED) is 0.756. The van der Waals surface area contributed by atoms with Crippen LogP contribution in [0.25, 0.3) is 5.69 Å². The molecular formula is C21H22FN5O. The van der Waals surface area contributed by atoms with E-state index in [4.69, 9.17) is 0 Å². The molecule has 0 bridgehead atoms. The molecule has 0 saturated carbocycles. The summed E-state index contributed by atoms with van der Waals surface area (Å²) in [5.74, 6) is -0.323. The lowest BCUT2D eigenvalue weighted by Gasteiger charge is -2.36. The maximum atomic E-state index is 13.7. The maximum Gasteiger partial charge on any atom is 0.229 e. The number of piperazine rings is 1. The van der Waals surface area contributed by atoms with Crippen LogP contribution in [0.4, 0.5) is 4.39 Å². The van der Waals surface area contributed by atoms with E-state index in [-0.39, 0.29) is 24.2 Å². The summed E-state index contributed by atoms with van der Waals surface area (Å²) < 4.78 is 15.4.